The van der Waals surface area contributed by atoms with Crippen molar-refractivity contribution < 1.29 is 101 Å². The molecule has 0 aromatic heterocycles. The van der Waals surface area contributed by atoms with Crippen molar-refractivity contribution in [1.82, 2.24) is 6.30 Å². The number of halogens is 4. The van der Waals surface area contributed by atoms with Gasteiger partial charge >= 0.3 is 231 Å². The Hall–Kier alpha value is 6.73. The third-order valence-corrected chi connectivity index (χ3v) is 10.8. The van der Waals surface area contributed by atoms with Gasteiger partial charge in [0.2, 0.25) is 0 Å². The van der Waals surface area contributed by atoms with Crippen molar-refractivity contribution >= 4 is 94.5 Å². The van der Waals surface area contributed by atoms with Crippen LogP contribution < -0.4 is 99.4 Å². The van der Waals surface area contributed by atoms with E-state index in [2.05, 4.69) is 153 Å². The standard InChI is InChI=1S/C12H26N2Te.C12H26N2.I2Te.2HI.4Li.H/c1-9-10(2)14(12(6,7)8)15-13(9)11(3,4)5;1-9(13-11(3,4)5)10(2)14-12(6,7)8;1-2-3;;;;;;;/h9-10H,1-8H3;9-10H,1-8H3;;2*1H;;;;;/q;-2;;;;4*+1;-1/p-1. The van der Waals surface area contributed by atoms with E-state index in [0.29, 0.717) is 47.9 Å². The van der Waals surface area contributed by atoms with E-state index >= 15 is 0 Å². The molecule has 1 heterocycles. The Kier molecular flexibility index (Phi) is 47.9. The summed E-state index contributed by atoms with van der Waals surface area (Å²) in [5.74, 6) is 0. The van der Waals surface area contributed by atoms with Crippen LogP contribution in [0.2, 0.25) is 0 Å². The summed E-state index contributed by atoms with van der Waals surface area (Å²) >= 11 is 4.96. The van der Waals surface area contributed by atoms with Crippen molar-refractivity contribution in [1.29, 1.82) is 0 Å². The Morgan fingerprint density at radius 2 is 0.895 bits per heavy atom. The third-order valence-electron chi connectivity index (χ3n) is 4.82. The van der Waals surface area contributed by atoms with Gasteiger partial charge in [-0.25, -0.2) is 0 Å². The molecule has 0 aromatic rings. The summed E-state index contributed by atoms with van der Waals surface area (Å²) in [6.07, 6.45) is 0. The van der Waals surface area contributed by atoms with Gasteiger partial charge in [-0.05, 0) is 0 Å². The molecule has 0 amide bonds. The molecule has 0 bridgehead atoms. The number of hydrogen-bond acceptors (Lipinski definition) is 2. The van der Waals surface area contributed by atoms with Crippen molar-refractivity contribution in [2.24, 2.45) is 0 Å². The fourth-order valence-corrected chi connectivity index (χ4v) is 7.33. The molecule has 0 radical (unpaired) electrons. The van der Waals surface area contributed by atoms with Gasteiger partial charge in [-0.15, -0.1) is 35.1 Å². The molecule has 0 N–H and O–H groups in total. The van der Waals surface area contributed by atoms with Crippen LogP contribution in [0.3, 0.4) is 0 Å². The first-order valence-corrected chi connectivity index (χ1v) is 26.7. The predicted octanol–water partition coefficient (Wildman–Crippen LogP) is -6.24. The molecular weight excluding hydrogens is 1130 g/mol. The van der Waals surface area contributed by atoms with Gasteiger partial charge < -0.3 is 36.0 Å². The molecule has 0 saturated carbocycles. The Balaban J connectivity index is -0.0000000515. The topological polar surface area (TPSA) is 34.7 Å². The van der Waals surface area contributed by atoms with E-state index < -0.39 is 0 Å². The molecule has 38 heavy (non-hydrogen) atoms. The second-order valence-electron chi connectivity index (χ2n) is 12.7. The van der Waals surface area contributed by atoms with Crippen LogP contribution >= 0.6 is 55.3 Å². The van der Waals surface area contributed by atoms with E-state index in [1.165, 1.54) is 0 Å². The summed E-state index contributed by atoms with van der Waals surface area (Å²) in [7, 11) is 0. The average Bonchev–Trinajstić information content (AvgIpc) is 2.81. The first-order chi connectivity index (χ1) is 14.0. The van der Waals surface area contributed by atoms with Gasteiger partial charge in [0.25, 0.3) is 0 Å². The summed E-state index contributed by atoms with van der Waals surface area (Å²) < 4.78 is 5.46. The zero-order valence-electron chi connectivity index (χ0n) is 29.5. The van der Waals surface area contributed by atoms with Crippen LogP contribution in [0.4, 0.5) is 0 Å². The van der Waals surface area contributed by atoms with Gasteiger partial charge in [-0.3, -0.25) is 0 Å². The SMILES string of the molecule is CC([N-]C(C)(C)C)C(C)[N-]C(C)(C)C.CC1C(C)N(C(C)(C)C)[Te]N1C(C)(C)C.I.[H-].[I-].[Li+].[Li+].[Li+].[Li+].[Te]=II. The van der Waals surface area contributed by atoms with E-state index in [-0.39, 0.29) is 157 Å². The van der Waals surface area contributed by atoms with Crippen LogP contribution in [0.1, 0.15) is 112 Å². The van der Waals surface area contributed by atoms with E-state index in [9.17, 15) is 0 Å². The van der Waals surface area contributed by atoms with Crippen LogP contribution in [0.5, 0.6) is 0 Å². The summed E-state index contributed by atoms with van der Waals surface area (Å²) in [4.78, 5) is 0. The number of nitrogens with zero attached hydrogens (tertiary/aromatic N) is 4. The van der Waals surface area contributed by atoms with Gasteiger partial charge in [0.15, 0.2) is 0 Å². The van der Waals surface area contributed by atoms with Gasteiger partial charge in [-0.1, -0.05) is 55.4 Å². The zero-order chi connectivity index (χ0) is 26.3. The Labute approximate surface area is 362 Å². The monoisotopic (exact) mass is 1190 g/mol. The number of rotatable bonds is 3. The zero-order valence-corrected chi connectivity index (χ0v) is 41.9. The van der Waals surface area contributed by atoms with Crippen LogP contribution in [-0.2, 0) is 0 Å². The molecule has 1 aliphatic rings. The summed E-state index contributed by atoms with van der Waals surface area (Å²) in [5.41, 5.74) is 0.744. The molecule has 1 saturated heterocycles. The van der Waals surface area contributed by atoms with Crippen molar-refractivity contribution in [2.75, 3.05) is 0 Å². The van der Waals surface area contributed by atoms with E-state index in [1.54, 1.807) is 0 Å². The Bertz CT molecular complexity index is 522. The summed E-state index contributed by atoms with van der Waals surface area (Å²) in [6, 6.07) is 2.00. The fourth-order valence-electron chi connectivity index (χ4n) is 3.54. The molecule has 1 fully saturated rings. The first-order valence-electron chi connectivity index (χ1n) is 11.6. The van der Waals surface area contributed by atoms with Crippen LogP contribution in [0.15, 0.2) is 0 Å². The maximum atomic E-state index is 4.70. The average molecular weight is 1190 g/mol. The van der Waals surface area contributed by atoms with E-state index in [0.717, 1.165) is 0 Å². The van der Waals surface area contributed by atoms with E-state index in [4.69, 9.17) is 10.6 Å². The molecule has 4 atom stereocenters. The molecule has 0 spiro atoms. The Morgan fingerprint density at radius 3 is 1.00 bits per heavy atom. The van der Waals surface area contributed by atoms with Crippen LogP contribution in [0.25, 0.3) is 10.6 Å². The van der Waals surface area contributed by atoms with Crippen LogP contribution in [0, 0.1) is 0 Å². The molecule has 4 unspecified atom stereocenters. The third kappa shape index (κ3) is 31.3. The summed E-state index contributed by atoms with van der Waals surface area (Å²) in [5, 5.41) is 9.40. The molecular formula is C24H54I4Li4N4Te2. The second kappa shape index (κ2) is 28.7. The molecule has 0 aliphatic carbocycles. The molecule has 214 valence electrons. The van der Waals surface area contributed by atoms with Gasteiger partial charge in [0, 0.05) is 0 Å². The Morgan fingerprint density at radius 1 is 0.711 bits per heavy atom. The quantitative estimate of drug-likeness (QED) is 0.209. The molecule has 1 rings (SSSR count). The first kappa shape index (κ1) is 63.4. The normalized spacial score (nSPS) is 19.4. The molecule has 0 aromatic carbocycles. The molecule has 1 aliphatic heterocycles. The van der Waals surface area contributed by atoms with Crippen molar-refractivity contribution in [3.63, 3.8) is 0 Å². The number of hydrogen-bond donors (Lipinski definition) is 0. The fraction of sp³-hybridized carbons (Fsp3) is 1.00. The molecule has 14 heteroatoms. The minimum atomic E-state index is -0.179. The van der Waals surface area contributed by atoms with Crippen LogP contribution in [-0.4, -0.2) is 91.8 Å². The van der Waals surface area contributed by atoms with Crippen molar-refractivity contribution in [2.45, 2.75) is 157 Å². The van der Waals surface area contributed by atoms with Gasteiger partial charge in [-0.2, -0.15) is 12.1 Å². The minimum absolute atomic E-state index is 0. The van der Waals surface area contributed by atoms with Crippen molar-refractivity contribution in [3.05, 3.63) is 10.6 Å². The predicted molar refractivity (Wildman–Crippen MR) is 183 cm³/mol. The van der Waals surface area contributed by atoms with E-state index in [1.807, 2.05) is 0 Å². The summed E-state index contributed by atoms with van der Waals surface area (Å²) in [6.45, 7) is 35.9. The van der Waals surface area contributed by atoms with Crippen molar-refractivity contribution in [3.8, 4) is 0 Å². The van der Waals surface area contributed by atoms with Gasteiger partial charge in [0.1, 0.15) is 0 Å². The maximum absolute atomic E-state index is 4.70. The molecule has 4 nitrogen and oxygen atoms in total. The second-order valence-corrected chi connectivity index (χ2v) is 33.0. The van der Waals surface area contributed by atoms with Gasteiger partial charge in [0.05, 0.1) is 0 Å².